The van der Waals surface area contributed by atoms with Gasteiger partial charge in [0.15, 0.2) is 0 Å². The first-order valence-corrected chi connectivity index (χ1v) is 4.62. The van der Waals surface area contributed by atoms with Gasteiger partial charge in [-0.3, -0.25) is 4.79 Å². The van der Waals surface area contributed by atoms with E-state index in [4.69, 9.17) is 5.11 Å². The van der Waals surface area contributed by atoms with Crippen molar-refractivity contribution in [2.75, 3.05) is 6.54 Å². The normalized spacial score (nSPS) is 13.6. The van der Waals surface area contributed by atoms with Crippen molar-refractivity contribution in [3.05, 3.63) is 0 Å². The van der Waals surface area contributed by atoms with Crippen LogP contribution in [0.15, 0.2) is 0 Å². The van der Waals surface area contributed by atoms with E-state index >= 15 is 0 Å². The predicted molar refractivity (Wildman–Crippen MR) is 45.0 cm³/mol. The number of rotatable bonds is 4. The third-order valence-electron chi connectivity index (χ3n) is 1.96. The maximum atomic E-state index is 12.1. The predicted octanol–water partition coefficient (Wildman–Crippen LogP) is 1.76. The van der Waals surface area contributed by atoms with E-state index in [-0.39, 0.29) is 13.0 Å². The number of amides is 1. The van der Waals surface area contributed by atoms with E-state index in [1.165, 1.54) is 5.32 Å². The van der Waals surface area contributed by atoms with E-state index in [1.807, 2.05) is 0 Å². The first kappa shape index (κ1) is 16.0. The van der Waals surface area contributed by atoms with E-state index in [1.54, 1.807) is 6.92 Å². The number of hydrogen-bond acceptors (Lipinski definition) is 2. The second-order valence-electron chi connectivity index (χ2n) is 3.32. The standard InChI is InChI=1S/C8H11F6NO2/c1-2-3-4-15-5(16)6(17,7(9,10)11)8(12,13)14/h17H,2-4H2,1H3,(H,15,16). The second kappa shape index (κ2) is 5.11. The minimum atomic E-state index is -6.12. The molecule has 0 unspecified atom stereocenters. The van der Waals surface area contributed by atoms with Gasteiger partial charge in [0, 0.05) is 6.54 Å². The van der Waals surface area contributed by atoms with Gasteiger partial charge in [-0.05, 0) is 6.42 Å². The molecule has 0 radical (unpaired) electrons. The van der Waals surface area contributed by atoms with Gasteiger partial charge in [0.1, 0.15) is 0 Å². The number of alkyl halides is 6. The monoisotopic (exact) mass is 267 g/mol. The molecule has 0 bridgehead atoms. The van der Waals surface area contributed by atoms with E-state index in [0.717, 1.165) is 0 Å². The Hall–Kier alpha value is -0.990. The van der Waals surface area contributed by atoms with E-state index in [2.05, 4.69) is 0 Å². The minimum Gasteiger partial charge on any atom is -0.366 e. The van der Waals surface area contributed by atoms with Crippen LogP contribution in [0, 0.1) is 0 Å². The molecule has 0 aromatic rings. The van der Waals surface area contributed by atoms with Crippen molar-refractivity contribution in [2.24, 2.45) is 0 Å². The van der Waals surface area contributed by atoms with Crippen LogP contribution in [0.3, 0.4) is 0 Å². The third kappa shape index (κ3) is 3.24. The van der Waals surface area contributed by atoms with E-state index in [0.29, 0.717) is 6.42 Å². The highest BCUT2D eigenvalue weighted by Gasteiger charge is 2.75. The first-order valence-electron chi connectivity index (χ1n) is 4.62. The number of halogens is 6. The maximum absolute atomic E-state index is 12.1. The molecule has 0 saturated heterocycles. The summed E-state index contributed by atoms with van der Waals surface area (Å²) >= 11 is 0. The molecule has 0 aliphatic carbocycles. The Kier molecular flexibility index (Phi) is 4.81. The van der Waals surface area contributed by atoms with Gasteiger partial charge in [-0.2, -0.15) is 26.3 Å². The zero-order valence-electron chi connectivity index (χ0n) is 8.74. The molecule has 2 N–H and O–H groups in total. The molecule has 0 heterocycles. The lowest BCUT2D eigenvalue weighted by Gasteiger charge is -2.30. The highest BCUT2D eigenvalue weighted by Crippen LogP contribution is 2.43. The molecule has 0 aromatic carbocycles. The van der Waals surface area contributed by atoms with E-state index in [9.17, 15) is 31.1 Å². The average molecular weight is 267 g/mol. The quantitative estimate of drug-likeness (QED) is 0.602. The second-order valence-corrected chi connectivity index (χ2v) is 3.32. The van der Waals surface area contributed by atoms with Crippen molar-refractivity contribution >= 4 is 5.91 Å². The molecule has 0 aromatic heterocycles. The summed E-state index contributed by atoms with van der Waals surface area (Å²) in [5, 5.41) is 10.00. The smallest absolute Gasteiger partial charge is 0.366 e. The molecule has 102 valence electrons. The van der Waals surface area contributed by atoms with Crippen LogP contribution >= 0.6 is 0 Å². The van der Waals surface area contributed by atoms with Crippen molar-refractivity contribution in [1.29, 1.82) is 0 Å². The molecule has 17 heavy (non-hydrogen) atoms. The average Bonchev–Trinajstić information content (AvgIpc) is 2.13. The summed E-state index contributed by atoms with van der Waals surface area (Å²) in [5.41, 5.74) is -5.37. The molecule has 3 nitrogen and oxygen atoms in total. The summed E-state index contributed by atoms with van der Waals surface area (Å²) in [4.78, 5) is 10.8. The number of unbranched alkanes of at least 4 members (excludes halogenated alkanes) is 1. The van der Waals surface area contributed by atoms with Crippen LogP contribution in [0.25, 0.3) is 0 Å². The van der Waals surface area contributed by atoms with Crippen LogP contribution < -0.4 is 5.32 Å². The summed E-state index contributed by atoms with van der Waals surface area (Å²) < 4.78 is 72.8. The summed E-state index contributed by atoms with van der Waals surface area (Å²) in [6.07, 6.45) is -11.6. The lowest BCUT2D eigenvalue weighted by Crippen LogP contribution is -2.65. The van der Waals surface area contributed by atoms with Crippen LogP contribution in [0.2, 0.25) is 0 Å². The largest absolute Gasteiger partial charge is 0.435 e. The molecule has 9 heteroatoms. The van der Waals surface area contributed by atoms with Crippen molar-refractivity contribution in [3.8, 4) is 0 Å². The zero-order chi connectivity index (χ0) is 13.9. The molecule has 0 atom stereocenters. The Morgan fingerprint density at radius 3 is 1.82 bits per heavy atom. The maximum Gasteiger partial charge on any atom is 0.435 e. The van der Waals surface area contributed by atoms with Crippen LogP contribution in [0.5, 0.6) is 0 Å². The molecule has 1 amide bonds. The Labute approximate surface area is 92.8 Å². The highest BCUT2D eigenvalue weighted by atomic mass is 19.4. The van der Waals surface area contributed by atoms with Gasteiger partial charge in [-0.1, -0.05) is 13.3 Å². The van der Waals surface area contributed by atoms with Crippen molar-refractivity contribution in [3.63, 3.8) is 0 Å². The summed E-state index contributed by atoms with van der Waals surface area (Å²) in [6, 6.07) is 0. The fourth-order valence-corrected chi connectivity index (χ4v) is 0.925. The lowest BCUT2D eigenvalue weighted by molar-refractivity contribution is -0.350. The molecule has 0 saturated carbocycles. The SMILES string of the molecule is CCCCNC(=O)C(O)(C(F)(F)F)C(F)(F)F. The fraction of sp³-hybridized carbons (Fsp3) is 0.875. The van der Waals surface area contributed by atoms with Gasteiger partial charge in [-0.25, -0.2) is 0 Å². The van der Waals surface area contributed by atoms with Crippen molar-refractivity contribution < 1.29 is 36.2 Å². The van der Waals surface area contributed by atoms with Crippen molar-refractivity contribution in [1.82, 2.24) is 5.32 Å². The van der Waals surface area contributed by atoms with Crippen molar-refractivity contribution in [2.45, 2.75) is 37.7 Å². The topological polar surface area (TPSA) is 49.3 Å². The number of aliphatic hydroxyl groups is 1. The van der Waals surface area contributed by atoms with Crippen LogP contribution in [0.4, 0.5) is 26.3 Å². The molecule has 0 aliphatic rings. The number of carbonyl (C=O) groups is 1. The first-order chi connectivity index (χ1) is 7.48. The molecule has 0 fully saturated rings. The Bertz CT molecular complexity index is 258. The number of nitrogens with one attached hydrogen (secondary N) is 1. The van der Waals surface area contributed by atoms with Gasteiger partial charge >= 0.3 is 18.0 Å². The molecule has 0 rings (SSSR count). The van der Waals surface area contributed by atoms with Crippen LogP contribution in [-0.4, -0.2) is 35.5 Å². The molecular weight excluding hydrogens is 256 g/mol. The van der Waals surface area contributed by atoms with Gasteiger partial charge in [0.25, 0.3) is 5.91 Å². The fourth-order valence-electron chi connectivity index (χ4n) is 0.925. The van der Waals surface area contributed by atoms with Gasteiger partial charge in [0.05, 0.1) is 0 Å². The summed E-state index contributed by atoms with van der Waals surface area (Å²) in [5.74, 6) is -2.51. The molecule has 0 aliphatic heterocycles. The van der Waals surface area contributed by atoms with Gasteiger partial charge in [-0.15, -0.1) is 0 Å². The Morgan fingerprint density at radius 1 is 1.12 bits per heavy atom. The van der Waals surface area contributed by atoms with Gasteiger partial charge < -0.3 is 10.4 Å². The minimum absolute atomic E-state index is 0.206. The number of hydrogen-bond donors (Lipinski definition) is 2. The molecular formula is C8H11F6NO2. The third-order valence-corrected chi connectivity index (χ3v) is 1.96. The van der Waals surface area contributed by atoms with Crippen LogP contribution in [0.1, 0.15) is 19.8 Å². The van der Waals surface area contributed by atoms with Crippen LogP contribution in [-0.2, 0) is 4.79 Å². The summed E-state index contributed by atoms with van der Waals surface area (Å²) in [7, 11) is 0. The Balaban J connectivity index is 5.03. The number of carbonyl (C=O) groups excluding carboxylic acids is 1. The molecule has 0 spiro atoms. The lowest BCUT2D eigenvalue weighted by atomic mass is 10.0. The highest BCUT2D eigenvalue weighted by molar-refractivity contribution is 5.86. The van der Waals surface area contributed by atoms with E-state index < -0.39 is 23.9 Å². The zero-order valence-corrected chi connectivity index (χ0v) is 8.74. The summed E-state index contributed by atoms with van der Waals surface area (Å²) in [6.45, 7) is 1.26. The van der Waals surface area contributed by atoms with Gasteiger partial charge in [0.2, 0.25) is 0 Å². The Morgan fingerprint density at radius 2 is 1.53 bits per heavy atom.